The molecule has 0 rings (SSSR count). The highest BCUT2D eigenvalue weighted by atomic mass is 16.5. The largest absolute Gasteiger partial charge is 0.379 e. The Kier molecular flexibility index (Phi) is 93.6. The lowest BCUT2D eigenvalue weighted by molar-refractivity contribution is -0.0750. The fourth-order valence-corrected chi connectivity index (χ4v) is 10.1. The topological polar surface area (TPSA) is 634 Å². The molecule has 0 saturated carbocycles. The standard InChI is InChI=1S/3C15H35N3O3.3C12H29N3O3/c3*1-5-15(9-19-6-12(2)16,10-20-7-13(3)17)11-21-8-14(4)18;3*1-2-12(9-16-6-3-13,10-17-7-4-14)11-18-8-5-15/h3*12-14H,5-11,16-18H2,1-4H3;3*2-11,13-15H2,1H3. The summed E-state index contributed by atoms with van der Waals surface area (Å²) in [7, 11) is 0. The van der Waals surface area contributed by atoms with Gasteiger partial charge in [0.1, 0.15) is 0 Å². The number of nitrogens with two attached hydrogens (primary N) is 18. The van der Waals surface area contributed by atoms with Gasteiger partial charge in [-0.05, 0) is 101 Å². The Balaban J connectivity index is -0.000000316. The molecule has 0 aromatic rings. The lowest BCUT2D eigenvalue weighted by Gasteiger charge is -2.33. The van der Waals surface area contributed by atoms with Crippen molar-refractivity contribution in [3.8, 4) is 0 Å². The van der Waals surface area contributed by atoms with Gasteiger partial charge in [-0.15, -0.1) is 0 Å². The summed E-state index contributed by atoms with van der Waals surface area (Å²) in [6.07, 6.45) is 5.41. The second-order valence-corrected chi connectivity index (χ2v) is 32.1. The van der Waals surface area contributed by atoms with Gasteiger partial charge in [0.25, 0.3) is 0 Å². The normalized spacial score (nSPS) is 15.8. The third kappa shape index (κ3) is 81.4. The van der Waals surface area contributed by atoms with E-state index < -0.39 is 0 Å². The van der Waals surface area contributed by atoms with Crippen LogP contribution in [0, 0.1) is 32.5 Å². The Morgan fingerprint density at radius 3 is 0.291 bits per heavy atom. The van der Waals surface area contributed by atoms with E-state index >= 15 is 0 Å². The summed E-state index contributed by atoms with van der Waals surface area (Å²) >= 11 is 0. The van der Waals surface area contributed by atoms with Crippen LogP contribution in [-0.2, 0) is 85.3 Å². The molecule has 0 aliphatic rings. The molecule has 0 amide bonds. The molecular weight excluding hydrogens is 1510 g/mol. The average molecular weight is 1710 g/mol. The van der Waals surface area contributed by atoms with Gasteiger partial charge in [0.15, 0.2) is 0 Å². The summed E-state index contributed by atoms with van der Waals surface area (Å²) in [4.78, 5) is 0. The first kappa shape index (κ1) is 126. The van der Waals surface area contributed by atoms with Crippen molar-refractivity contribution in [3.63, 3.8) is 0 Å². The summed E-state index contributed by atoms with van der Waals surface area (Å²) in [6.45, 7) is 54.6. The van der Waals surface area contributed by atoms with Crippen LogP contribution < -0.4 is 103 Å². The average Bonchev–Trinajstić information content (AvgIpc) is 0.867. The first-order valence-corrected chi connectivity index (χ1v) is 43.2. The number of hydrogen-bond donors (Lipinski definition) is 18. The van der Waals surface area contributed by atoms with E-state index in [0.29, 0.717) is 297 Å². The molecule has 0 aromatic heterocycles. The van der Waals surface area contributed by atoms with Gasteiger partial charge in [0.2, 0.25) is 0 Å². The molecule has 714 valence electrons. The lowest BCUT2D eigenvalue weighted by Crippen LogP contribution is -2.40. The van der Waals surface area contributed by atoms with E-state index in [9.17, 15) is 0 Å². The van der Waals surface area contributed by atoms with Crippen molar-refractivity contribution in [3.05, 3.63) is 0 Å². The fraction of sp³-hybridized carbons (Fsp3) is 1.00. The van der Waals surface area contributed by atoms with E-state index in [1.54, 1.807) is 0 Å². The predicted molar refractivity (Wildman–Crippen MR) is 475 cm³/mol. The summed E-state index contributed by atoms with van der Waals surface area (Å²) in [5.74, 6) is 0. The van der Waals surface area contributed by atoms with Crippen LogP contribution in [0.1, 0.15) is 142 Å². The van der Waals surface area contributed by atoms with Gasteiger partial charge in [0, 0.05) is 146 Å². The second-order valence-electron chi connectivity index (χ2n) is 32.1. The fourth-order valence-electron chi connectivity index (χ4n) is 10.1. The molecule has 0 spiro atoms. The zero-order valence-corrected chi connectivity index (χ0v) is 77.0. The molecule has 117 heavy (non-hydrogen) atoms. The van der Waals surface area contributed by atoms with E-state index in [-0.39, 0.29) is 86.9 Å². The van der Waals surface area contributed by atoms with E-state index in [4.69, 9.17) is 188 Å². The lowest BCUT2D eigenvalue weighted by atomic mass is 9.88. The SMILES string of the molecule is CCC(COCC(C)N)(COCC(C)N)COCC(C)N.CCC(COCC(C)N)(COCC(C)N)COCC(C)N.CCC(COCC(C)N)(COCC(C)N)COCC(C)N.CCC(COCCN)(COCCN)COCCN.CCC(COCCN)(COCCN)COCCN.CCC(COCCN)(COCCN)COCCN. The van der Waals surface area contributed by atoms with Crippen LogP contribution in [0.4, 0.5) is 0 Å². The van der Waals surface area contributed by atoms with Gasteiger partial charge in [-0.25, -0.2) is 0 Å². The van der Waals surface area contributed by atoms with Crippen LogP contribution in [0.3, 0.4) is 0 Å². The molecule has 36 heteroatoms. The smallest absolute Gasteiger partial charge is 0.0615 e. The Morgan fingerprint density at radius 2 is 0.231 bits per heavy atom. The molecule has 0 aliphatic heterocycles. The maximum Gasteiger partial charge on any atom is 0.0615 e. The van der Waals surface area contributed by atoms with Gasteiger partial charge in [-0.2, -0.15) is 0 Å². The third-order valence-corrected chi connectivity index (χ3v) is 17.6. The van der Waals surface area contributed by atoms with Crippen molar-refractivity contribution < 1.29 is 85.3 Å². The van der Waals surface area contributed by atoms with Crippen molar-refractivity contribution in [2.24, 2.45) is 136 Å². The van der Waals surface area contributed by atoms with E-state index in [2.05, 4.69) is 41.5 Å². The number of rotatable bonds is 78. The van der Waals surface area contributed by atoms with E-state index in [0.717, 1.165) is 38.5 Å². The quantitative estimate of drug-likeness (QED) is 0.0336. The van der Waals surface area contributed by atoms with Crippen LogP contribution in [0.5, 0.6) is 0 Å². The summed E-state index contributed by atoms with van der Waals surface area (Å²) in [6, 6.07) is 0.204. The minimum absolute atomic E-state index is 0.0227. The highest BCUT2D eigenvalue weighted by Crippen LogP contribution is 2.29. The molecule has 9 unspecified atom stereocenters. The Morgan fingerprint density at radius 1 is 0.154 bits per heavy atom. The Labute approximate surface area is 711 Å². The Bertz CT molecular complexity index is 1570. The minimum atomic E-state index is -0.182. The third-order valence-electron chi connectivity index (χ3n) is 17.6. The van der Waals surface area contributed by atoms with Crippen molar-refractivity contribution in [2.45, 2.75) is 197 Å². The van der Waals surface area contributed by atoms with Gasteiger partial charge in [0.05, 0.1) is 238 Å². The van der Waals surface area contributed by atoms with Gasteiger partial charge < -0.3 is 188 Å². The number of ether oxygens (including phenoxy) is 18. The monoisotopic (exact) mass is 1710 g/mol. The molecule has 36 nitrogen and oxygen atoms in total. The second kappa shape index (κ2) is 86.7. The highest BCUT2D eigenvalue weighted by molar-refractivity contribution is 4.84. The van der Waals surface area contributed by atoms with Crippen molar-refractivity contribution >= 4 is 0 Å². The number of hydrogen-bond acceptors (Lipinski definition) is 36. The Hall–Kier alpha value is -1.44. The molecule has 0 heterocycles. The summed E-state index contributed by atoms with van der Waals surface area (Å²) < 4.78 is 101. The molecular formula is C81H192N18O18. The van der Waals surface area contributed by atoms with Crippen molar-refractivity contribution in [2.75, 3.05) is 297 Å². The van der Waals surface area contributed by atoms with Crippen molar-refractivity contribution in [1.29, 1.82) is 0 Å². The van der Waals surface area contributed by atoms with Crippen LogP contribution >= 0.6 is 0 Å². The van der Waals surface area contributed by atoms with Gasteiger partial charge in [-0.1, -0.05) is 41.5 Å². The zero-order valence-electron chi connectivity index (χ0n) is 77.0. The van der Waals surface area contributed by atoms with E-state index in [1.807, 2.05) is 62.3 Å². The maximum atomic E-state index is 5.72. The summed E-state index contributed by atoms with van der Waals surface area (Å²) in [5.41, 5.74) is 99.3. The van der Waals surface area contributed by atoms with Gasteiger partial charge >= 0.3 is 0 Å². The van der Waals surface area contributed by atoms with Crippen LogP contribution in [0.15, 0.2) is 0 Å². The molecule has 0 aliphatic carbocycles. The van der Waals surface area contributed by atoms with E-state index in [1.165, 1.54) is 0 Å². The van der Waals surface area contributed by atoms with Crippen LogP contribution in [0.2, 0.25) is 0 Å². The molecule has 36 N–H and O–H groups in total. The molecule has 0 radical (unpaired) electrons. The molecule has 0 bridgehead atoms. The highest BCUT2D eigenvalue weighted by Gasteiger charge is 2.35. The first-order chi connectivity index (χ1) is 55.7. The maximum absolute atomic E-state index is 5.72. The van der Waals surface area contributed by atoms with Gasteiger partial charge in [-0.3, -0.25) is 0 Å². The minimum Gasteiger partial charge on any atom is -0.379 e. The molecule has 9 atom stereocenters. The van der Waals surface area contributed by atoms with Crippen LogP contribution in [-0.4, -0.2) is 351 Å². The molecule has 0 aromatic carbocycles. The summed E-state index contributed by atoms with van der Waals surface area (Å²) in [5, 5.41) is 0. The molecule has 0 saturated heterocycles. The zero-order chi connectivity index (χ0) is 90.0. The van der Waals surface area contributed by atoms with Crippen molar-refractivity contribution in [1.82, 2.24) is 0 Å². The molecule has 0 fully saturated rings. The predicted octanol–water partition coefficient (Wildman–Crippen LogP) is -0.651. The first-order valence-electron chi connectivity index (χ1n) is 43.2. The van der Waals surface area contributed by atoms with Crippen LogP contribution in [0.25, 0.3) is 0 Å².